The first-order valence-electron chi connectivity index (χ1n) is 9.31. The van der Waals surface area contributed by atoms with Gasteiger partial charge in [0.15, 0.2) is 11.5 Å². The summed E-state index contributed by atoms with van der Waals surface area (Å²) < 4.78 is 21.9. The Labute approximate surface area is 170 Å². The van der Waals surface area contributed by atoms with Crippen molar-refractivity contribution in [2.45, 2.75) is 13.0 Å². The number of carbonyl (C=O) groups is 1. The number of aliphatic imine (C=N–C) groups is 1. The van der Waals surface area contributed by atoms with E-state index in [-0.39, 0.29) is 12.1 Å². The lowest BCUT2D eigenvalue weighted by Gasteiger charge is -2.29. The fourth-order valence-electron chi connectivity index (χ4n) is 3.52. The van der Waals surface area contributed by atoms with Gasteiger partial charge in [-0.15, -0.1) is 0 Å². The van der Waals surface area contributed by atoms with E-state index >= 15 is 0 Å². The second-order valence-electron chi connectivity index (χ2n) is 6.73. The van der Waals surface area contributed by atoms with Gasteiger partial charge in [0.25, 0.3) is 0 Å². The molecule has 0 radical (unpaired) electrons. The van der Waals surface area contributed by atoms with Crippen LogP contribution in [0, 0.1) is 0 Å². The summed E-state index contributed by atoms with van der Waals surface area (Å²) in [6.45, 7) is 2.32. The molecule has 0 aliphatic carbocycles. The maximum atomic E-state index is 11.5. The molecule has 0 amide bonds. The lowest BCUT2D eigenvalue weighted by Crippen LogP contribution is -2.36. The van der Waals surface area contributed by atoms with Gasteiger partial charge in [0.2, 0.25) is 5.75 Å². The normalized spacial score (nSPS) is 17.9. The number of hydrogen-bond donors (Lipinski definition) is 0. The molecule has 1 aliphatic heterocycles. The van der Waals surface area contributed by atoms with Crippen LogP contribution in [0.4, 0.5) is 5.69 Å². The van der Waals surface area contributed by atoms with Crippen molar-refractivity contribution in [1.82, 2.24) is 0 Å². The molecule has 29 heavy (non-hydrogen) atoms. The lowest BCUT2D eigenvalue weighted by atomic mass is 9.98. The molecule has 0 aromatic heterocycles. The third-order valence-electron chi connectivity index (χ3n) is 4.77. The van der Waals surface area contributed by atoms with Crippen molar-refractivity contribution in [3.05, 3.63) is 47.5 Å². The predicted octanol–water partition coefficient (Wildman–Crippen LogP) is 2.93. The smallest absolute Gasteiger partial charge is 0.303 e. The molecule has 1 heterocycles. The molecule has 1 atom stereocenters. The van der Waals surface area contributed by atoms with Crippen molar-refractivity contribution < 1.29 is 23.7 Å². The first-order valence-corrected chi connectivity index (χ1v) is 9.31. The highest BCUT2D eigenvalue weighted by atomic mass is 16.5. The number of benzene rings is 2. The summed E-state index contributed by atoms with van der Waals surface area (Å²) >= 11 is 0. The van der Waals surface area contributed by atoms with Gasteiger partial charge in [-0.2, -0.15) is 0 Å². The largest absolute Gasteiger partial charge is 0.493 e. The zero-order chi connectivity index (χ0) is 21.0. The minimum absolute atomic E-state index is 0.318. The second kappa shape index (κ2) is 8.86. The van der Waals surface area contributed by atoms with E-state index in [0.29, 0.717) is 30.3 Å². The molecule has 0 fully saturated rings. The zero-order valence-electron chi connectivity index (χ0n) is 17.4. The molecule has 154 valence electrons. The van der Waals surface area contributed by atoms with Crippen molar-refractivity contribution in [3.63, 3.8) is 0 Å². The van der Waals surface area contributed by atoms with Crippen molar-refractivity contribution in [2.24, 2.45) is 4.99 Å². The molecule has 0 bridgehead atoms. The van der Waals surface area contributed by atoms with Gasteiger partial charge in [-0.25, -0.2) is 0 Å². The van der Waals surface area contributed by atoms with Gasteiger partial charge in [-0.05, 0) is 18.2 Å². The summed E-state index contributed by atoms with van der Waals surface area (Å²) in [6.07, 6.45) is -0.345. The van der Waals surface area contributed by atoms with E-state index in [4.69, 9.17) is 23.9 Å². The molecule has 2 aromatic rings. The Balaban J connectivity index is 2.17. The SMILES string of the molecule is COc1cc(/C2=N/CC(OC(C)=O)CN(C)c3ccccc32)cc(OC)c1OC. The van der Waals surface area contributed by atoms with E-state index in [1.54, 1.807) is 21.3 Å². The van der Waals surface area contributed by atoms with E-state index < -0.39 is 0 Å². The molecule has 0 N–H and O–H groups in total. The third-order valence-corrected chi connectivity index (χ3v) is 4.77. The summed E-state index contributed by atoms with van der Waals surface area (Å²) in [7, 11) is 6.72. The maximum Gasteiger partial charge on any atom is 0.303 e. The Morgan fingerprint density at radius 1 is 1.07 bits per heavy atom. The van der Waals surface area contributed by atoms with E-state index in [0.717, 1.165) is 22.5 Å². The van der Waals surface area contributed by atoms with E-state index in [2.05, 4.69) is 4.90 Å². The van der Waals surface area contributed by atoms with Crippen LogP contribution in [0.1, 0.15) is 18.1 Å². The molecule has 1 aliphatic rings. The number of ether oxygens (including phenoxy) is 4. The monoisotopic (exact) mass is 398 g/mol. The summed E-state index contributed by atoms with van der Waals surface area (Å²) in [5, 5.41) is 0. The fraction of sp³-hybridized carbons (Fsp3) is 0.364. The van der Waals surface area contributed by atoms with Crippen LogP contribution in [0.25, 0.3) is 0 Å². The quantitative estimate of drug-likeness (QED) is 0.722. The number of fused-ring (bicyclic) bond motifs is 1. The van der Waals surface area contributed by atoms with Gasteiger partial charge in [0.05, 0.1) is 40.1 Å². The molecule has 1 unspecified atom stereocenters. The van der Waals surface area contributed by atoms with E-state index in [1.165, 1.54) is 6.92 Å². The maximum absolute atomic E-state index is 11.5. The van der Waals surface area contributed by atoms with Gasteiger partial charge in [0, 0.05) is 30.8 Å². The Morgan fingerprint density at radius 2 is 1.72 bits per heavy atom. The topological polar surface area (TPSA) is 69.6 Å². The zero-order valence-corrected chi connectivity index (χ0v) is 17.4. The van der Waals surface area contributed by atoms with Crippen LogP contribution in [-0.4, -0.2) is 59.3 Å². The number of nitrogens with zero attached hydrogens (tertiary/aromatic N) is 2. The van der Waals surface area contributed by atoms with Crippen LogP contribution in [0.5, 0.6) is 17.2 Å². The van der Waals surface area contributed by atoms with Crippen LogP contribution in [0.3, 0.4) is 0 Å². The molecule has 7 heteroatoms. The molecular formula is C22H26N2O5. The van der Waals surface area contributed by atoms with Gasteiger partial charge < -0.3 is 23.8 Å². The van der Waals surface area contributed by atoms with Crippen LogP contribution >= 0.6 is 0 Å². The molecule has 0 saturated carbocycles. The summed E-state index contributed by atoms with van der Waals surface area (Å²) in [6, 6.07) is 11.8. The highest BCUT2D eigenvalue weighted by Gasteiger charge is 2.24. The van der Waals surface area contributed by atoms with Gasteiger partial charge in [-0.3, -0.25) is 9.79 Å². The average molecular weight is 398 g/mol. The molecule has 2 aromatic carbocycles. The summed E-state index contributed by atoms with van der Waals surface area (Å²) in [5.41, 5.74) is 3.56. The number of hydrogen-bond acceptors (Lipinski definition) is 7. The van der Waals surface area contributed by atoms with Crippen LogP contribution in [0.2, 0.25) is 0 Å². The number of para-hydroxylation sites is 1. The number of carbonyl (C=O) groups excluding carboxylic acids is 1. The van der Waals surface area contributed by atoms with Crippen molar-refractivity contribution >= 4 is 17.4 Å². The fourth-order valence-corrected chi connectivity index (χ4v) is 3.52. The first kappa shape index (κ1) is 20.5. The minimum atomic E-state index is -0.345. The number of esters is 1. The number of likely N-dealkylation sites (N-methyl/N-ethyl adjacent to an activating group) is 1. The van der Waals surface area contributed by atoms with Crippen molar-refractivity contribution in [2.75, 3.05) is 46.4 Å². The average Bonchev–Trinajstić information content (AvgIpc) is 2.71. The van der Waals surface area contributed by atoms with Crippen molar-refractivity contribution in [1.29, 1.82) is 0 Å². The Morgan fingerprint density at radius 3 is 2.31 bits per heavy atom. The number of rotatable bonds is 5. The van der Waals surface area contributed by atoms with Gasteiger partial charge in [-0.1, -0.05) is 18.2 Å². The predicted molar refractivity (Wildman–Crippen MR) is 112 cm³/mol. The van der Waals surface area contributed by atoms with Crippen LogP contribution in [0.15, 0.2) is 41.4 Å². The summed E-state index contributed by atoms with van der Waals surface area (Å²) in [4.78, 5) is 18.4. The molecule has 7 nitrogen and oxygen atoms in total. The van der Waals surface area contributed by atoms with Crippen molar-refractivity contribution in [3.8, 4) is 17.2 Å². The lowest BCUT2D eigenvalue weighted by molar-refractivity contribution is -0.145. The molecule has 3 rings (SSSR count). The molecule has 0 spiro atoms. The first-order chi connectivity index (χ1) is 14.0. The molecular weight excluding hydrogens is 372 g/mol. The minimum Gasteiger partial charge on any atom is -0.493 e. The summed E-state index contributed by atoms with van der Waals surface area (Å²) in [5.74, 6) is 1.30. The Bertz CT molecular complexity index is 900. The highest BCUT2D eigenvalue weighted by Crippen LogP contribution is 2.39. The van der Waals surface area contributed by atoms with Crippen LogP contribution in [-0.2, 0) is 9.53 Å². The molecule has 0 saturated heterocycles. The Kier molecular flexibility index (Phi) is 6.26. The van der Waals surface area contributed by atoms with Crippen LogP contribution < -0.4 is 19.1 Å². The number of anilines is 1. The van der Waals surface area contributed by atoms with Gasteiger partial charge >= 0.3 is 5.97 Å². The standard InChI is InChI=1S/C22H26N2O5/c1-14(25)29-16-12-23-21(17-8-6-7-9-18(17)24(2)13-16)15-10-19(26-3)22(28-5)20(11-15)27-4/h6-11,16H,12-13H2,1-5H3/b23-21-. The third kappa shape index (κ3) is 4.29. The van der Waals surface area contributed by atoms with Gasteiger partial charge in [0.1, 0.15) is 6.10 Å². The number of methoxy groups -OCH3 is 3. The second-order valence-corrected chi connectivity index (χ2v) is 6.73. The highest BCUT2D eigenvalue weighted by molar-refractivity contribution is 6.16. The Hall–Kier alpha value is -3.22. The van der Waals surface area contributed by atoms with E-state index in [9.17, 15) is 4.79 Å². The van der Waals surface area contributed by atoms with E-state index in [1.807, 2.05) is 43.4 Å².